The summed E-state index contributed by atoms with van der Waals surface area (Å²) in [6.45, 7) is -1.59. The smallest absolute Gasteiger partial charge is 0.387 e. The number of alkyl halides is 2. The third-order valence-corrected chi connectivity index (χ3v) is 4.16. The predicted molar refractivity (Wildman–Crippen MR) is 75.0 cm³/mol. The zero-order chi connectivity index (χ0) is 17.2. The van der Waals surface area contributed by atoms with E-state index in [1.165, 1.54) is 18.2 Å². The molecule has 0 amide bonds. The van der Waals surface area contributed by atoms with Gasteiger partial charge in [0.25, 0.3) is 10.0 Å². The van der Waals surface area contributed by atoms with Crippen LogP contribution in [0.5, 0.6) is 5.75 Å². The van der Waals surface area contributed by atoms with Crippen molar-refractivity contribution in [3.8, 4) is 5.75 Å². The molecule has 4 nitrogen and oxygen atoms in total. The molecule has 2 rings (SSSR count). The Kier molecular flexibility index (Phi) is 4.79. The van der Waals surface area contributed by atoms with Crippen LogP contribution in [0, 0.1) is 18.6 Å². The third kappa shape index (κ3) is 4.13. The number of sulfonamides is 1. The lowest BCUT2D eigenvalue weighted by molar-refractivity contribution is -0.0493. The molecule has 0 aliphatic rings. The third-order valence-electron chi connectivity index (χ3n) is 2.78. The molecule has 1 N–H and O–H groups in total. The summed E-state index contributed by atoms with van der Waals surface area (Å²) in [5.41, 5.74) is 0.222. The van der Waals surface area contributed by atoms with Crippen LogP contribution >= 0.6 is 0 Å². The molecule has 2 aromatic rings. The second kappa shape index (κ2) is 6.45. The molecular formula is C14H11F4NO3S. The Morgan fingerprint density at radius 1 is 1.09 bits per heavy atom. The molecule has 0 aliphatic carbocycles. The van der Waals surface area contributed by atoms with E-state index in [1.54, 1.807) is 6.92 Å². The van der Waals surface area contributed by atoms with Crippen LogP contribution in [0.4, 0.5) is 23.2 Å². The molecule has 23 heavy (non-hydrogen) atoms. The molecule has 0 radical (unpaired) electrons. The highest BCUT2D eigenvalue weighted by Gasteiger charge is 2.22. The van der Waals surface area contributed by atoms with Gasteiger partial charge in [0.1, 0.15) is 22.3 Å². The van der Waals surface area contributed by atoms with Gasteiger partial charge in [0, 0.05) is 0 Å². The van der Waals surface area contributed by atoms with Gasteiger partial charge in [0.2, 0.25) is 0 Å². The van der Waals surface area contributed by atoms with E-state index in [1.807, 2.05) is 4.72 Å². The van der Waals surface area contributed by atoms with Crippen LogP contribution in [0.15, 0.2) is 41.3 Å². The van der Waals surface area contributed by atoms with E-state index in [4.69, 9.17) is 0 Å². The first-order valence-corrected chi connectivity index (χ1v) is 7.71. The average Bonchev–Trinajstić information content (AvgIpc) is 2.43. The Morgan fingerprint density at radius 3 is 2.43 bits per heavy atom. The minimum absolute atomic E-state index is 0.320. The maximum absolute atomic E-state index is 13.6. The summed E-state index contributed by atoms with van der Waals surface area (Å²) in [5.74, 6) is -2.57. The lowest BCUT2D eigenvalue weighted by Gasteiger charge is -2.14. The summed E-state index contributed by atoms with van der Waals surface area (Å²) in [6, 6.07) is 5.70. The van der Waals surface area contributed by atoms with E-state index < -0.39 is 38.9 Å². The van der Waals surface area contributed by atoms with Crippen molar-refractivity contribution in [1.29, 1.82) is 0 Å². The molecule has 9 heteroatoms. The molecule has 0 spiro atoms. The van der Waals surface area contributed by atoms with Gasteiger partial charge >= 0.3 is 6.61 Å². The second-order valence-corrected chi connectivity index (χ2v) is 6.21. The van der Waals surface area contributed by atoms with Crippen molar-refractivity contribution in [2.24, 2.45) is 0 Å². The van der Waals surface area contributed by atoms with Gasteiger partial charge < -0.3 is 4.74 Å². The molecule has 0 unspecified atom stereocenters. The summed E-state index contributed by atoms with van der Waals surface area (Å²) < 4.78 is 82.0. The highest BCUT2D eigenvalue weighted by Crippen LogP contribution is 2.30. The quantitative estimate of drug-likeness (QED) is 0.838. The van der Waals surface area contributed by atoms with Gasteiger partial charge in [-0.1, -0.05) is 6.07 Å². The molecule has 0 bridgehead atoms. The fourth-order valence-electron chi connectivity index (χ4n) is 1.79. The number of hydrogen-bond acceptors (Lipinski definition) is 3. The van der Waals surface area contributed by atoms with Crippen molar-refractivity contribution in [1.82, 2.24) is 0 Å². The normalized spacial score (nSPS) is 11.6. The highest BCUT2D eigenvalue weighted by molar-refractivity contribution is 7.92. The van der Waals surface area contributed by atoms with Crippen LogP contribution in [0.25, 0.3) is 0 Å². The van der Waals surface area contributed by atoms with Crippen LogP contribution in [0.1, 0.15) is 5.56 Å². The first-order valence-electron chi connectivity index (χ1n) is 6.22. The minimum Gasteiger partial charge on any atom is -0.433 e. The van der Waals surface area contributed by atoms with Crippen molar-refractivity contribution < 1.29 is 30.7 Å². The number of anilines is 1. The Bertz CT molecular complexity index is 825. The van der Waals surface area contributed by atoms with Crippen LogP contribution < -0.4 is 9.46 Å². The van der Waals surface area contributed by atoms with Crippen molar-refractivity contribution in [3.05, 3.63) is 53.6 Å². The maximum Gasteiger partial charge on any atom is 0.387 e. The zero-order valence-corrected chi connectivity index (χ0v) is 12.5. The van der Waals surface area contributed by atoms with Crippen LogP contribution in [0.2, 0.25) is 0 Å². The lowest BCUT2D eigenvalue weighted by Crippen LogP contribution is -2.16. The van der Waals surface area contributed by atoms with Gasteiger partial charge in [-0.25, -0.2) is 17.2 Å². The number of rotatable bonds is 5. The fraction of sp³-hybridized carbons (Fsp3) is 0.143. The van der Waals surface area contributed by atoms with Gasteiger partial charge in [-0.2, -0.15) is 8.78 Å². The Hall–Kier alpha value is -2.29. The molecule has 0 aromatic heterocycles. The van der Waals surface area contributed by atoms with Crippen molar-refractivity contribution in [2.45, 2.75) is 18.4 Å². The molecular weight excluding hydrogens is 338 g/mol. The largest absolute Gasteiger partial charge is 0.433 e. The Balaban J connectivity index is 2.43. The fourth-order valence-corrected chi connectivity index (χ4v) is 2.95. The predicted octanol–water partition coefficient (Wildman–Crippen LogP) is 3.68. The highest BCUT2D eigenvalue weighted by atomic mass is 32.2. The van der Waals surface area contributed by atoms with E-state index >= 15 is 0 Å². The van der Waals surface area contributed by atoms with Gasteiger partial charge in [-0.05, 0) is 42.8 Å². The van der Waals surface area contributed by atoms with E-state index in [0.717, 1.165) is 6.07 Å². The number of aryl methyl sites for hydroxylation is 1. The minimum atomic E-state index is -4.53. The van der Waals surface area contributed by atoms with E-state index in [-0.39, 0.29) is 5.69 Å². The lowest BCUT2D eigenvalue weighted by atomic mass is 10.2. The van der Waals surface area contributed by atoms with Gasteiger partial charge in [-0.15, -0.1) is 0 Å². The topological polar surface area (TPSA) is 55.4 Å². The Labute approximate surface area is 129 Å². The van der Waals surface area contributed by atoms with Gasteiger partial charge in [0.05, 0.1) is 5.69 Å². The molecule has 124 valence electrons. The van der Waals surface area contributed by atoms with E-state index in [0.29, 0.717) is 17.7 Å². The van der Waals surface area contributed by atoms with Crippen molar-refractivity contribution >= 4 is 15.7 Å². The monoisotopic (exact) mass is 349 g/mol. The Morgan fingerprint density at radius 2 is 1.78 bits per heavy atom. The number of benzene rings is 2. The summed E-state index contributed by atoms with van der Waals surface area (Å²) in [7, 11) is -4.53. The number of nitrogens with one attached hydrogen (secondary N) is 1. The average molecular weight is 349 g/mol. The van der Waals surface area contributed by atoms with Crippen LogP contribution in [-0.2, 0) is 10.0 Å². The van der Waals surface area contributed by atoms with Crippen LogP contribution in [-0.4, -0.2) is 15.0 Å². The van der Waals surface area contributed by atoms with E-state index in [2.05, 4.69) is 4.74 Å². The van der Waals surface area contributed by atoms with Gasteiger partial charge in [-0.3, -0.25) is 4.72 Å². The molecule has 0 heterocycles. The summed E-state index contributed by atoms with van der Waals surface area (Å²) >= 11 is 0. The SMILES string of the molecule is Cc1ccc(NS(=O)(=O)c2cc(F)ccc2F)c(OC(F)F)c1. The number of hydrogen-bond donors (Lipinski definition) is 1. The molecule has 0 saturated heterocycles. The van der Waals surface area contributed by atoms with Gasteiger partial charge in [0.15, 0.2) is 0 Å². The zero-order valence-electron chi connectivity index (χ0n) is 11.7. The second-order valence-electron chi connectivity index (χ2n) is 4.56. The molecule has 0 fully saturated rings. The molecule has 2 aromatic carbocycles. The summed E-state index contributed by atoms with van der Waals surface area (Å²) in [6.07, 6.45) is 0. The number of halogens is 4. The first-order chi connectivity index (χ1) is 10.7. The molecule has 0 atom stereocenters. The summed E-state index contributed by atoms with van der Waals surface area (Å²) in [5, 5.41) is 0. The van der Waals surface area contributed by atoms with E-state index in [9.17, 15) is 26.0 Å². The standard InChI is InChI=1S/C14H11F4NO3S/c1-8-2-5-11(12(6-8)22-14(17)18)19-23(20,21)13-7-9(15)3-4-10(13)16/h2-7,14,19H,1H3. The van der Waals surface area contributed by atoms with Crippen molar-refractivity contribution in [3.63, 3.8) is 0 Å². The van der Waals surface area contributed by atoms with Crippen LogP contribution in [0.3, 0.4) is 0 Å². The van der Waals surface area contributed by atoms with Crippen molar-refractivity contribution in [2.75, 3.05) is 4.72 Å². The molecule has 0 aliphatic heterocycles. The number of ether oxygens (including phenoxy) is 1. The maximum atomic E-state index is 13.6. The molecule has 0 saturated carbocycles. The summed E-state index contributed by atoms with van der Waals surface area (Å²) in [4.78, 5) is -0.943. The first kappa shape index (κ1) is 17.1.